The van der Waals surface area contributed by atoms with E-state index >= 15 is 0 Å². The SMILES string of the molecule is COC(=O)c1ccc(C=C(CNC(=O)OC(C)(C)C)B2OC(C)(C)C(C)(C)O2)c(O)c1. The Morgan fingerprint density at radius 2 is 1.74 bits per heavy atom. The minimum Gasteiger partial charge on any atom is -0.507 e. The fraction of sp³-hybridized carbons (Fsp3) is 0.545. The molecule has 0 bridgehead atoms. The normalized spacial score (nSPS) is 17.9. The maximum atomic E-state index is 12.2. The van der Waals surface area contributed by atoms with E-state index in [-0.39, 0.29) is 17.9 Å². The maximum absolute atomic E-state index is 12.2. The number of nitrogens with one attached hydrogen (secondary N) is 1. The van der Waals surface area contributed by atoms with Crippen LogP contribution in [0, 0.1) is 0 Å². The van der Waals surface area contributed by atoms with Crippen molar-refractivity contribution in [2.45, 2.75) is 65.3 Å². The molecule has 1 saturated heterocycles. The average molecular weight is 433 g/mol. The van der Waals surface area contributed by atoms with Crippen molar-refractivity contribution < 1.29 is 33.5 Å². The molecule has 2 rings (SSSR count). The molecule has 9 heteroatoms. The Hall–Kier alpha value is -2.52. The van der Waals surface area contributed by atoms with Crippen molar-refractivity contribution >= 4 is 25.3 Å². The number of methoxy groups -OCH3 is 1. The molecule has 0 aromatic heterocycles. The number of alkyl carbamates (subject to hydrolysis) is 1. The third-order valence-corrected chi connectivity index (χ3v) is 5.18. The van der Waals surface area contributed by atoms with Gasteiger partial charge in [0.2, 0.25) is 0 Å². The van der Waals surface area contributed by atoms with E-state index in [9.17, 15) is 14.7 Å². The summed E-state index contributed by atoms with van der Waals surface area (Å²) in [5.41, 5.74) is -0.575. The number of amides is 1. The second-order valence-corrected chi connectivity index (χ2v) is 9.43. The van der Waals surface area contributed by atoms with Crippen molar-refractivity contribution in [3.05, 3.63) is 34.8 Å². The van der Waals surface area contributed by atoms with Gasteiger partial charge in [-0.25, -0.2) is 9.59 Å². The highest BCUT2D eigenvalue weighted by Gasteiger charge is 2.52. The van der Waals surface area contributed by atoms with Crippen LogP contribution in [-0.2, 0) is 18.8 Å². The molecule has 1 heterocycles. The molecule has 1 aromatic carbocycles. The molecule has 0 saturated carbocycles. The number of hydrogen-bond donors (Lipinski definition) is 2. The molecule has 2 N–H and O–H groups in total. The van der Waals surface area contributed by atoms with Crippen LogP contribution in [0.5, 0.6) is 5.75 Å². The van der Waals surface area contributed by atoms with E-state index in [0.29, 0.717) is 11.0 Å². The molecule has 170 valence electrons. The molecular weight excluding hydrogens is 401 g/mol. The first kappa shape index (κ1) is 24.8. The van der Waals surface area contributed by atoms with Gasteiger partial charge in [0, 0.05) is 12.1 Å². The van der Waals surface area contributed by atoms with Crippen molar-refractivity contribution in [3.63, 3.8) is 0 Å². The van der Waals surface area contributed by atoms with Crippen molar-refractivity contribution in [3.8, 4) is 5.75 Å². The lowest BCUT2D eigenvalue weighted by Gasteiger charge is -2.32. The van der Waals surface area contributed by atoms with Gasteiger partial charge in [0.25, 0.3) is 0 Å². The zero-order valence-corrected chi connectivity index (χ0v) is 19.5. The van der Waals surface area contributed by atoms with Crippen LogP contribution in [0.2, 0.25) is 0 Å². The largest absolute Gasteiger partial charge is 0.507 e. The van der Waals surface area contributed by atoms with E-state index in [0.717, 1.165) is 0 Å². The van der Waals surface area contributed by atoms with E-state index < -0.39 is 36.0 Å². The molecule has 1 aliphatic heterocycles. The molecule has 1 amide bonds. The molecule has 0 atom stereocenters. The number of carbonyl (C=O) groups is 2. The lowest BCUT2D eigenvalue weighted by molar-refractivity contribution is 0.00578. The van der Waals surface area contributed by atoms with Crippen LogP contribution in [0.4, 0.5) is 4.79 Å². The average Bonchev–Trinajstić information content (AvgIpc) is 2.84. The summed E-state index contributed by atoms with van der Waals surface area (Å²) >= 11 is 0. The fourth-order valence-corrected chi connectivity index (χ4v) is 2.80. The lowest BCUT2D eigenvalue weighted by atomic mass is 9.77. The van der Waals surface area contributed by atoms with E-state index in [2.05, 4.69) is 10.1 Å². The molecule has 8 nitrogen and oxygen atoms in total. The molecule has 31 heavy (non-hydrogen) atoms. The van der Waals surface area contributed by atoms with Gasteiger partial charge in [-0.1, -0.05) is 12.1 Å². The number of aromatic hydroxyl groups is 1. The lowest BCUT2D eigenvalue weighted by Crippen LogP contribution is -2.41. The van der Waals surface area contributed by atoms with Crippen LogP contribution in [-0.4, -0.2) is 54.7 Å². The van der Waals surface area contributed by atoms with E-state index in [4.69, 9.17) is 14.0 Å². The van der Waals surface area contributed by atoms with E-state index in [1.54, 1.807) is 39.0 Å². The Balaban J connectivity index is 2.34. The van der Waals surface area contributed by atoms with E-state index in [1.165, 1.54) is 13.2 Å². The van der Waals surface area contributed by atoms with Crippen LogP contribution in [0.25, 0.3) is 6.08 Å². The molecule has 0 spiro atoms. The van der Waals surface area contributed by atoms with Crippen molar-refractivity contribution in [1.29, 1.82) is 0 Å². The number of phenols is 1. The van der Waals surface area contributed by atoms with Crippen molar-refractivity contribution in [2.75, 3.05) is 13.7 Å². The van der Waals surface area contributed by atoms with Gasteiger partial charge in [-0.2, -0.15) is 0 Å². The summed E-state index contributed by atoms with van der Waals surface area (Å²) in [5.74, 6) is -0.669. The highest BCUT2D eigenvalue weighted by molar-refractivity contribution is 6.56. The van der Waals surface area contributed by atoms with Crippen LogP contribution >= 0.6 is 0 Å². The second kappa shape index (κ2) is 8.92. The minimum atomic E-state index is -0.750. The Labute approximate surface area is 184 Å². The van der Waals surface area contributed by atoms with Crippen molar-refractivity contribution in [1.82, 2.24) is 5.32 Å². The Morgan fingerprint density at radius 1 is 1.16 bits per heavy atom. The standard InChI is InChI=1S/C22H32BNO7/c1-20(2,3)29-19(27)24-13-16(23-30-21(4,5)22(6,7)31-23)11-14-9-10-15(12-17(14)25)18(26)28-8/h9-12,25H,13H2,1-8H3,(H,24,27). The molecule has 0 aliphatic carbocycles. The van der Waals surface area contributed by atoms with Crippen molar-refractivity contribution in [2.24, 2.45) is 0 Å². The Morgan fingerprint density at radius 3 is 2.23 bits per heavy atom. The van der Waals surface area contributed by atoms with Gasteiger partial charge in [-0.3, -0.25) is 0 Å². The van der Waals surface area contributed by atoms with Gasteiger partial charge >= 0.3 is 19.2 Å². The van der Waals surface area contributed by atoms with Crippen LogP contribution in [0.3, 0.4) is 0 Å². The quantitative estimate of drug-likeness (QED) is 0.539. The fourth-order valence-electron chi connectivity index (χ4n) is 2.80. The second-order valence-electron chi connectivity index (χ2n) is 9.43. The number of phenolic OH excluding ortho intramolecular Hbond substituents is 1. The summed E-state index contributed by atoms with van der Waals surface area (Å²) in [7, 11) is 0.519. The molecule has 1 fully saturated rings. The highest BCUT2D eigenvalue weighted by atomic mass is 16.7. The smallest absolute Gasteiger partial charge is 0.492 e. The van der Waals surface area contributed by atoms with E-state index in [1.807, 2.05) is 27.7 Å². The highest BCUT2D eigenvalue weighted by Crippen LogP contribution is 2.39. The predicted molar refractivity (Wildman–Crippen MR) is 118 cm³/mol. The number of esters is 1. The number of rotatable bonds is 5. The topological polar surface area (TPSA) is 103 Å². The third kappa shape index (κ3) is 6.24. The maximum Gasteiger partial charge on any atom is 0.492 e. The molecule has 0 radical (unpaired) electrons. The van der Waals surface area contributed by atoms with Crippen LogP contribution in [0.1, 0.15) is 64.4 Å². The first-order valence-corrected chi connectivity index (χ1v) is 10.1. The van der Waals surface area contributed by atoms with Crippen LogP contribution < -0.4 is 5.32 Å². The molecule has 1 aliphatic rings. The molecular formula is C22H32BNO7. The van der Waals surface area contributed by atoms with Gasteiger partial charge < -0.3 is 29.2 Å². The number of ether oxygens (including phenoxy) is 2. The van der Waals surface area contributed by atoms with Gasteiger partial charge in [-0.15, -0.1) is 0 Å². The minimum absolute atomic E-state index is 0.0733. The summed E-state index contributed by atoms with van der Waals surface area (Å²) < 4.78 is 22.2. The zero-order valence-electron chi connectivity index (χ0n) is 19.5. The molecule has 1 aromatic rings. The third-order valence-electron chi connectivity index (χ3n) is 5.18. The van der Waals surface area contributed by atoms with Gasteiger partial charge in [0.1, 0.15) is 11.4 Å². The van der Waals surface area contributed by atoms with Gasteiger partial charge in [0.05, 0.1) is 23.9 Å². The number of benzene rings is 1. The summed E-state index contributed by atoms with van der Waals surface area (Å²) in [5, 5.41) is 13.1. The predicted octanol–water partition coefficient (Wildman–Crippen LogP) is 3.72. The zero-order chi connectivity index (χ0) is 23.6. The first-order chi connectivity index (χ1) is 14.1. The van der Waals surface area contributed by atoms with Crippen LogP contribution in [0.15, 0.2) is 23.7 Å². The van der Waals surface area contributed by atoms with Gasteiger partial charge in [0.15, 0.2) is 0 Å². The molecule has 0 unspecified atom stereocenters. The number of hydrogen-bond acceptors (Lipinski definition) is 7. The summed E-state index contributed by atoms with van der Waals surface area (Å²) in [6, 6.07) is 4.45. The summed E-state index contributed by atoms with van der Waals surface area (Å²) in [4.78, 5) is 23.9. The summed E-state index contributed by atoms with van der Waals surface area (Å²) in [6.45, 7) is 13.1. The Kier molecular flexibility index (Phi) is 7.12. The van der Waals surface area contributed by atoms with Gasteiger partial charge in [-0.05, 0) is 66.1 Å². The Bertz CT molecular complexity index is 855. The summed E-state index contributed by atoms with van der Waals surface area (Å²) in [6.07, 6.45) is 1.08. The first-order valence-electron chi connectivity index (χ1n) is 10.1. The number of carbonyl (C=O) groups excluding carboxylic acids is 2. The monoisotopic (exact) mass is 433 g/mol.